The molecule has 2 aromatic heterocycles. The van der Waals surface area contributed by atoms with Gasteiger partial charge in [0.15, 0.2) is 0 Å². The second-order valence-corrected chi connectivity index (χ2v) is 7.16. The summed E-state index contributed by atoms with van der Waals surface area (Å²) < 4.78 is 1.73. The highest BCUT2D eigenvalue weighted by molar-refractivity contribution is 5.83. The summed E-state index contributed by atoms with van der Waals surface area (Å²) in [6.07, 6.45) is 7.67. The first-order valence-corrected chi connectivity index (χ1v) is 9.73. The SMILES string of the molecule is CCN(CC1CCN(c2ccccn2)CC1)C(=O)C(NC)c1cnn(C)c1. The summed E-state index contributed by atoms with van der Waals surface area (Å²) in [6, 6.07) is 5.70. The van der Waals surface area contributed by atoms with Crippen LogP contribution in [0.25, 0.3) is 0 Å². The molecule has 27 heavy (non-hydrogen) atoms. The molecule has 0 spiro atoms. The Balaban J connectivity index is 1.58. The Labute approximate surface area is 161 Å². The third-order valence-corrected chi connectivity index (χ3v) is 5.35. The highest BCUT2D eigenvalue weighted by Crippen LogP contribution is 2.23. The fourth-order valence-corrected chi connectivity index (χ4v) is 3.78. The summed E-state index contributed by atoms with van der Waals surface area (Å²) in [7, 11) is 3.70. The first kappa shape index (κ1) is 19.4. The summed E-state index contributed by atoms with van der Waals surface area (Å²) in [5, 5.41) is 7.35. The smallest absolute Gasteiger partial charge is 0.244 e. The lowest BCUT2D eigenvalue weighted by Gasteiger charge is -2.36. The van der Waals surface area contributed by atoms with Crippen LogP contribution in [-0.4, -0.2) is 58.8 Å². The second kappa shape index (κ2) is 8.99. The standard InChI is InChI=1S/C20H30N6O/c1-4-25(20(27)19(21-2)17-13-23-24(3)15-17)14-16-8-11-26(12-9-16)18-7-5-6-10-22-18/h5-7,10,13,15-16,19,21H,4,8-9,11-12,14H2,1-3H3. The minimum atomic E-state index is -0.341. The maximum absolute atomic E-state index is 13.1. The third kappa shape index (κ3) is 4.66. The molecule has 7 nitrogen and oxygen atoms in total. The monoisotopic (exact) mass is 370 g/mol. The molecule has 1 unspecified atom stereocenters. The molecule has 3 rings (SSSR count). The van der Waals surface area contributed by atoms with E-state index in [-0.39, 0.29) is 11.9 Å². The number of likely N-dealkylation sites (N-methyl/N-ethyl adjacent to an activating group) is 2. The van der Waals surface area contributed by atoms with Gasteiger partial charge in [0.05, 0.1) is 6.20 Å². The molecule has 1 aliphatic rings. The van der Waals surface area contributed by atoms with E-state index in [4.69, 9.17) is 0 Å². The normalized spacial score (nSPS) is 16.3. The highest BCUT2D eigenvalue weighted by atomic mass is 16.2. The van der Waals surface area contributed by atoms with Crippen LogP contribution in [0, 0.1) is 5.92 Å². The van der Waals surface area contributed by atoms with Gasteiger partial charge in [0.1, 0.15) is 11.9 Å². The van der Waals surface area contributed by atoms with Crippen molar-refractivity contribution >= 4 is 11.7 Å². The Morgan fingerprint density at radius 2 is 2.15 bits per heavy atom. The number of carbonyl (C=O) groups excluding carboxylic acids is 1. The van der Waals surface area contributed by atoms with Crippen molar-refractivity contribution < 1.29 is 4.79 Å². The van der Waals surface area contributed by atoms with Gasteiger partial charge in [-0.25, -0.2) is 4.98 Å². The van der Waals surface area contributed by atoms with E-state index in [1.807, 2.05) is 43.5 Å². The number of nitrogens with zero attached hydrogens (tertiary/aromatic N) is 5. The molecule has 1 aliphatic heterocycles. The van der Waals surface area contributed by atoms with E-state index in [9.17, 15) is 4.79 Å². The van der Waals surface area contributed by atoms with E-state index < -0.39 is 0 Å². The van der Waals surface area contributed by atoms with Gasteiger partial charge >= 0.3 is 0 Å². The molecule has 1 amide bonds. The van der Waals surface area contributed by atoms with Crippen LogP contribution in [0.2, 0.25) is 0 Å². The lowest BCUT2D eigenvalue weighted by Crippen LogP contribution is -2.44. The van der Waals surface area contributed by atoms with Gasteiger partial charge in [0, 0.05) is 51.2 Å². The van der Waals surface area contributed by atoms with Crippen molar-refractivity contribution in [2.75, 3.05) is 38.1 Å². The van der Waals surface area contributed by atoms with Crippen LogP contribution in [-0.2, 0) is 11.8 Å². The molecule has 1 saturated heterocycles. The quantitative estimate of drug-likeness (QED) is 0.806. The number of pyridine rings is 1. The molecular weight excluding hydrogens is 340 g/mol. The molecule has 7 heteroatoms. The molecule has 2 aromatic rings. The molecule has 0 aliphatic carbocycles. The predicted octanol–water partition coefficient (Wildman–Crippen LogP) is 1.84. The number of hydrogen-bond donors (Lipinski definition) is 1. The maximum atomic E-state index is 13.1. The van der Waals surface area contributed by atoms with E-state index in [1.54, 1.807) is 10.9 Å². The van der Waals surface area contributed by atoms with Crippen LogP contribution in [0.3, 0.4) is 0 Å². The van der Waals surface area contributed by atoms with Crippen LogP contribution in [0.15, 0.2) is 36.8 Å². The summed E-state index contributed by atoms with van der Waals surface area (Å²) in [4.78, 5) is 21.8. The summed E-state index contributed by atoms with van der Waals surface area (Å²) in [5.41, 5.74) is 0.911. The van der Waals surface area contributed by atoms with Gasteiger partial charge in [-0.1, -0.05) is 6.07 Å². The largest absolute Gasteiger partial charge is 0.357 e. The van der Waals surface area contributed by atoms with Gasteiger partial charge < -0.3 is 15.1 Å². The van der Waals surface area contributed by atoms with Crippen molar-refractivity contribution in [2.45, 2.75) is 25.8 Å². The molecule has 0 saturated carbocycles. The van der Waals surface area contributed by atoms with Gasteiger partial charge in [-0.3, -0.25) is 9.48 Å². The van der Waals surface area contributed by atoms with Crippen molar-refractivity contribution in [1.82, 2.24) is 25.0 Å². The predicted molar refractivity (Wildman–Crippen MR) is 106 cm³/mol. The molecule has 3 heterocycles. The van der Waals surface area contributed by atoms with Crippen LogP contribution < -0.4 is 10.2 Å². The Kier molecular flexibility index (Phi) is 6.45. The zero-order valence-electron chi connectivity index (χ0n) is 16.5. The van der Waals surface area contributed by atoms with Gasteiger partial charge in [-0.05, 0) is 44.9 Å². The van der Waals surface area contributed by atoms with E-state index in [0.29, 0.717) is 5.92 Å². The molecule has 1 atom stereocenters. The minimum Gasteiger partial charge on any atom is -0.357 e. The number of anilines is 1. The second-order valence-electron chi connectivity index (χ2n) is 7.16. The Bertz CT molecular complexity index is 723. The zero-order chi connectivity index (χ0) is 19.2. The first-order chi connectivity index (χ1) is 13.1. The van der Waals surface area contributed by atoms with E-state index >= 15 is 0 Å². The van der Waals surface area contributed by atoms with Crippen molar-refractivity contribution in [3.63, 3.8) is 0 Å². The van der Waals surface area contributed by atoms with Gasteiger partial charge in [-0.15, -0.1) is 0 Å². The van der Waals surface area contributed by atoms with E-state index in [0.717, 1.165) is 50.4 Å². The number of rotatable bonds is 7. The number of aryl methyl sites for hydroxylation is 1. The van der Waals surface area contributed by atoms with Crippen molar-refractivity contribution in [3.05, 3.63) is 42.4 Å². The molecule has 1 N–H and O–H groups in total. The summed E-state index contributed by atoms with van der Waals surface area (Å²) in [6.45, 7) is 5.56. The topological polar surface area (TPSA) is 66.3 Å². The molecule has 0 radical (unpaired) electrons. The Morgan fingerprint density at radius 1 is 1.37 bits per heavy atom. The number of aromatic nitrogens is 3. The van der Waals surface area contributed by atoms with E-state index in [1.165, 1.54) is 0 Å². The molecule has 0 aromatic carbocycles. The van der Waals surface area contributed by atoms with Crippen LogP contribution >= 0.6 is 0 Å². The molecular formula is C20H30N6O. The molecule has 0 bridgehead atoms. The average molecular weight is 371 g/mol. The number of hydrogen-bond acceptors (Lipinski definition) is 5. The zero-order valence-corrected chi connectivity index (χ0v) is 16.5. The average Bonchev–Trinajstić information content (AvgIpc) is 3.13. The maximum Gasteiger partial charge on any atom is 0.244 e. The fourth-order valence-electron chi connectivity index (χ4n) is 3.78. The third-order valence-electron chi connectivity index (χ3n) is 5.35. The Hall–Kier alpha value is -2.41. The van der Waals surface area contributed by atoms with E-state index in [2.05, 4.69) is 33.3 Å². The number of piperidine rings is 1. The lowest BCUT2D eigenvalue weighted by molar-refractivity contribution is -0.134. The Morgan fingerprint density at radius 3 is 2.70 bits per heavy atom. The van der Waals surface area contributed by atoms with Crippen LogP contribution in [0.1, 0.15) is 31.4 Å². The van der Waals surface area contributed by atoms with Crippen molar-refractivity contribution in [2.24, 2.45) is 13.0 Å². The number of nitrogens with one attached hydrogen (secondary N) is 1. The first-order valence-electron chi connectivity index (χ1n) is 9.73. The van der Waals surface area contributed by atoms with Crippen molar-refractivity contribution in [1.29, 1.82) is 0 Å². The van der Waals surface area contributed by atoms with Crippen LogP contribution in [0.5, 0.6) is 0 Å². The van der Waals surface area contributed by atoms with Gasteiger partial charge in [0.25, 0.3) is 0 Å². The minimum absolute atomic E-state index is 0.125. The lowest BCUT2D eigenvalue weighted by atomic mass is 9.95. The van der Waals surface area contributed by atoms with Crippen molar-refractivity contribution in [3.8, 4) is 0 Å². The molecule has 146 valence electrons. The summed E-state index contributed by atoms with van der Waals surface area (Å²) in [5.74, 6) is 1.70. The van der Waals surface area contributed by atoms with Gasteiger partial charge in [-0.2, -0.15) is 5.10 Å². The molecule has 1 fully saturated rings. The summed E-state index contributed by atoms with van der Waals surface area (Å²) >= 11 is 0. The van der Waals surface area contributed by atoms with Crippen LogP contribution in [0.4, 0.5) is 5.82 Å². The fraction of sp³-hybridized carbons (Fsp3) is 0.550. The highest BCUT2D eigenvalue weighted by Gasteiger charge is 2.28. The number of amides is 1. The van der Waals surface area contributed by atoms with Gasteiger partial charge in [0.2, 0.25) is 5.91 Å². The number of carbonyl (C=O) groups is 1.